The molecule has 17 heavy (non-hydrogen) atoms. The van der Waals surface area contributed by atoms with E-state index in [1.165, 1.54) is 25.4 Å². The number of esters is 1. The SMILES string of the molecule is COC(=O)c1ccc2ncc(Br)c(Cl)c2c1F. The fraction of sp³-hybridized carbons (Fsp3) is 0.0909. The molecule has 2 aromatic rings. The third-order valence-corrected chi connectivity index (χ3v) is 3.49. The number of aromatic nitrogens is 1. The summed E-state index contributed by atoms with van der Waals surface area (Å²) in [5.41, 5.74) is 0.213. The maximum absolute atomic E-state index is 14.1. The first-order chi connectivity index (χ1) is 8.06. The zero-order valence-electron chi connectivity index (χ0n) is 8.63. The van der Waals surface area contributed by atoms with Crippen LogP contribution in [-0.4, -0.2) is 18.1 Å². The molecule has 0 N–H and O–H groups in total. The van der Waals surface area contributed by atoms with Gasteiger partial charge in [0.25, 0.3) is 0 Å². The third kappa shape index (κ3) is 2.00. The average Bonchev–Trinajstić information content (AvgIpc) is 2.33. The van der Waals surface area contributed by atoms with Crippen LogP contribution in [0.3, 0.4) is 0 Å². The van der Waals surface area contributed by atoms with Crippen LogP contribution in [0.4, 0.5) is 4.39 Å². The van der Waals surface area contributed by atoms with Gasteiger partial charge in [0, 0.05) is 6.20 Å². The highest BCUT2D eigenvalue weighted by Gasteiger charge is 2.18. The van der Waals surface area contributed by atoms with Crippen LogP contribution in [0.25, 0.3) is 10.9 Å². The minimum Gasteiger partial charge on any atom is -0.465 e. The van der Waals surface area contributed by atoms with Crippen LogP contribution in [0.15, 0.2) is 22.8 Å². The van der Waals surface area contributed by atoms with Crippen LogP contribution in [0.1, 0.15) is 10.4 Å². The van der Waals surface area contributed by atoms with Crippen molar-refractivity contribution in [3.05, 3.63) is 39.2 Å². The van der Waals surface area contributed by atoms with E-state index in [0.717, 1.165) is 0 Å². The lowest BCUT2D eigenvalue weighted by atomic mass is 10.1. The number of carbonyl (C=O) groups excluding carboxylic acids is 1. The molecule has 0 saturated heterocycles. The highest BCUT2D eigenvalue weighted by Crippen LogP contribution is 2.32. The van der Waals surface area contributed by atoms with E-state index in [4.69, 9.17) is 11.6 Å². The number of nitrogens with zero attached hydrogens (tertiary/aromatic N) is 1. The second kappa shape index (κ2) is 4.58. The normalized spacial score (nSPS) is 10.6. The van der Waals surface area contributed by atoms with Gasteiger partial charge in [-0.3, -0.25) is 4.98 Å². The van der Waals surface area contributed by atoms with E-state index >= 15 is 0 Å². The Balaban J connectivity index is 2.82. The molecule has 1 heterocycles. The van der Waals surface area contributed by atoms with Gasteiger partial charge in [0.05, 0.1) is 33.1 Å². The number of ether oxygens (including phenoxy) is 1. The second-order valence-corrected chi connectivity index (χ2v) is 4.47. The average molecular weight is 319 g/mol. The molecule has 0 aliphatic heterocycles. The standard InChI is InChI=1S/C11H6BrClFNO2/c1-17-11(16)5-2-3-7-8(10(5)14)9(13)6(12)4-15-7/h2-4H,1H3. The predicted molar refractivity (Wildman–Crippen MR) is 65.8 cm³/mol. The summed E-state index contributed by atoms with van der Waals surface area (Å²) in [6.45, 7) is 0. The second-order valence-electron chi connectivity index (χ2n) is 3.23. The lowest BCUT2D eigenvalue weighted by Gasteiger charge is -2.06. The zero-order chi connectivity index (χ0) is 12.6. The number of methoxy groups -OCH3 is 1. The molecule has 88 valence electrons. The highest BCUT2D eigenvalue weighted by molar-refractivity contribution is 9.10. The van der Waals surface area contributed by atoms with Gasteiger partial charge in [0.1, 0.15) is 5.82 Å². The Hall–Kier alpha value is -1.20. The molecule has 0 radical (unpaired) electrons. The number of carbonyl (C=O) groups is 1. The molecule has 0 fully saturated rings. The number of benzene rings is 1. The summed E-state index contributed by atoms with van der Waals surface area (Å²) in [5.74, 6) is -1.48. The highest BCUT2D eigenvalue weighted by atomic mass is 79.9. The van der Waals surface area contributed by atoms with Crippen molar-refractivity contribution in [1.82, 2.24) is 4.98 Å². The Morgan fingerprint density at radius 2 is 2.24 bits per heavy atom. The summed E-state index contributed by atoms with van der Waals surface area (Å²) in [4.78, 5) is 15.3. The number of fused-ring (bicyclic) bond motifs is 1. The van der Waals surface area contributed by atoms with Crippen LogP contribution in [0.2, 0.25) is 5.02 Å². The van der Waals surface area contributed by atoms with Gasteiger partial charge in [0.2, 0.25) is 0 Å². The molecule has 2 rings (SSSR count). The Morgan fingerprint density at radius 3 is 2.88 bits per heavy atom. The fourth-order valence-electron chi connectivity index (χ4n) is 1.45. The molecule has 3 nitrogen and oxygen atoms in total. The van der Waals surface area contributed by atoms with Crippen LogP contribution >= 0.6 is 27.5 Å². The summed E-state index contributed by atoms with van der Waals surface area (Å²) >= 11 is 9.12. The van der Waals surface area contributed by atoms with Crippen molar-refractivity contribution < 1.29 is 13.9 Å². The third-order valence-electron chi connectivity index (χ3n) is 2.27. The Labute approximate surface area is 110 Å². The lowest BCUT2D eigenvalue weighted by Crippen LogP contribution is -2.05. The van der Waals surface area contributed by atoms with Gasteiger partial charge < -0.3 is 4.74 Å². The molecule has 0 aliphatic rings. The predicted octanol–water partition coefficient (Wildman–Crippen LogP) is 3.58. The van der Waals surface area contributed by atoms with E-state index in [-0.39, 0.29) is 16.0 Å². The molecule has 0 saturated carbocycles. The minimum absolute atomic E-state index is 0.101. The number of pyridine rings is 1. The van der Waals surface area contributed by atoms with Crippen molar-refractivity contribution in [2.45, 2.75) is 0 Å². The summed E-state index contributed by atoms with van der Waals surface area (Å²) in [6.07, 6.45) is 1.47. The van der Waals surface area contributed by atoms with Crippen molar-refractivity contribution in [1.29, 1.82) is 0 Å². The molecule has 0 atom stereocenters. The first-order valence-electron chi connectivity index (χ1n) is 4.56. The smallest absolute Gasteiger partial charge is 0.340 e. The lowest BCUT2D eigenvalue weighted by molar-refractivity contribution is 0.0596. The number of hydrogen-bond donors (Lipinski definition) is 0. The van der Waals surface area contributed by atoms with Crippen molar-refractivity contribution in [2.75, 3.05) is 7.11 Å². The van der Waals surface area contributed by atoms with Gasteiger partial charge >= 0.3 is 5.97 Å². The van der Waals surface area contributed by atoms with Gasteiger partial charge in [-0.15, -0.1) is 0 Å². The van der Waals surface area contributed by atoms with E-state index in [2.05, 4.69) is 25.7 Å². The molecule has 0 aliphatic carbocycles. The van der Waals surface area contributed by atoms with Gasteiger partial charge in [-0.1, -0.05) is 11.6 Å². The topological polar surface area (TPSA) is 39.2 Å². The zero-order valence-corrected chi connectivity index (χ0v) is 11.0. The monoisotopic (exact) mass is 317 g/mol. The Bertz CT molecular complexity index is 618. The van der Waals surface area contributed by atoms with E-state index in [9.17, 15) is 9.18 Å². The first-order valence-corrected chi connectivity index (χ1v) is 5.74. The number of rotatable bonds is 1. The molecular formula is C11H6BrClFNO2. The molecule has 0 bridgehead atoms. The first kappa shape index (κ1) is 12.3. The molecule has 1 aromatic heterocycles. The molecule has 0 amide bonds. The van der Waals surface area contributed by atoms with Crippen molar-refractivity contribution in [3.8, 4) is 0 Å². The molecule has 0 spiro atoms. The summed E-state index contributed by atoms with van der Waals surface area (Å²) < 4.78 is 19.0. The summed E-state index contributed by atoms with van der Waals surface area (Å²) in [6, 6.07) is 2.84. The van der Waals surface area contributed by atoms with Crippen LogP contribution < -0.4 is 0 Å². The summed E-state index contributed by atoms with van der Waals surface area (Å²) in [5, 5.41) is 0.280. The van der Waals surface area contributed by atoms with E-state index in [1.807, 2.05) is 0 Å². The van der Waals surface area contributed by atoms with Gasteiger partial charge in [-0.2, -0.15) is 0 Å². The summed E-state index contributed by atoms with van der Waals surface area (Å²) in [7, 11) is 1.19. The molecule has 0 unspecified atom stereocenters. The van der Waals surface area contributed by atoms with E-state index < -0.39 is 11.8 Å². The van der Waals surface area contributed by atoms with E-state index in [0.29, 0.717) is 9.99 Å². The quantitative estimate of drug-likeness (QED) is 0.755. The van der Waals surface area contributed by atoms with Crippen LogP contribution in [0, 0.1) is 5.82 Å². The fourth-order valence-corrected chi connectivity index (χ4v) is 1.98. The maximum Gasteiger partial charge on any atom is 0.340 e. The maximum atomic E-state index is 14.1. The number of halogens is 3. The minimum atomic E-state index is -0.750. The van der Waals surface area contributed by atoms with E-state index in [1.54, 1.807) is 0 Å². The number of hydrogen-bond acceptors (Lipinski definition) is 3. The molecule has 1 aromatic carbocycles. The van der Waals surface area contributed by atoms with Crippen molar-refractivity contribution in [2.24, 2.45) is 0 Å². The van der Waals surface area contributed by atoms with Crippen LogP contribution in [-0.2, 0) is 4.74 Å². The van der Waals surface area contributed by atoms with Crippen LogP contribution in [0.5, 0.6) is 0 Å². The largest absolute Gasteiger partial charge is 0.465 e. The van der Waals surface area contributed by atoms with Crippen molar-refractivity contribution in [3.63, 3.8) is 0 Å². The van der Waals surface area contributed by atoms with Gasteiger partial charge in [-0.25, -0.2) is 9.18 Å². The molecular weight excluding hydrogens is 312 g/mol. The van der Waals surface area contributed by atoms with Gasteiger partial charge in [0.15, 0.2) is 0 Å². The van der Waals surface area contributed by atoms with Gasteiger partial charge in [-0.05, 0) is 28.1 Å². The van der Waals surface area contributed by atoms with Crippen molar-refractivity contribution >= 4 is 44.4 Å². The Morgan fingerprint density at radius 1 is 1.53 bits per heavy atom. The molecule has 6 heteroatoms. The Kier molecular flexibility index (Phi) is 3.31.